The summed E-state index contributed by atoms with van der Waals surface area (Å²) in [5, 5.41) is 8.77. The zero-order valence-corrected chi connectivity index (χ0v) is 8.99. The molecule has 1 fully saturated rings. The summed E-state index contributed by atoms with van der Waals surface area (Å²) in [7, 11) is 0. The molecule has 88 valence electrons. The molecule has 1 aliphatic rings. The van der Waals surface area contributed by atoms with Gasteiger partial charge in [-0.2, -0.15) is 0 Å². The number of alkyl halides is 1. The zero-order chi connectivity index (χ0) is 11.1. The van der Waals surface area contributed by atoms with Crippen molar-refractivity contribution in [2.24, 2.45) is 0 Å². The minimum Gasteiger partial charge on any atom is -0.465 e. The summed E-state index contributed by atoms with van der Waals surface area (Å²) < 4.78 is 12.1. The predicted molar refractivity (Wildman–Crippen MR) is 55.9 cm³/mol. The van der Waals surface area contributed by atoms with Crippen LogP contribution < -0.4 is 0 Å². The SMILES string of the molecule is O=C(O)N(CCF)CCN1CCCCC1. The van der Waals surface area contributed by atoms with Crippen LogP contribution in [0.3, 0.4) is 0 Å². The summed E-state index contributed by atoms with van der Waals surface area (Å²) >= 11 is 0. The summed E-state index contributed by atoms with van der Waals surface area (Å²) in [6, 6.07) is 0. The lowest BCUT2D eigenvalue weighted by Gasteiger charge is -2.28. The van der Waals surface area contributed by atoms with Crippen LogP contribution in [0.2, 0.25) is 0 Å². The molecule has 0 bridgehead atoms. The van der Waals surface area contributed by atoms with E-state index in [-0.39, 0.29) is 6.54 Å². The van der Waals surface area contributed by atoms with Gasteiger partial charge in [-0.3, -0.25) is 0 Å². The molecule has 15 heavy (non-hydrogen) atoms. The summed E-state index contributed by atoms with van der Waals surface area (Å²) in [4.78, 5) is 14.1. The minimum absolute atomic E-state index is 0.0107. The maximum absolute atomic E-state index is 12.1. The van der Waals surface area contributed by atoms with Gasteiger partial charge in [-0.15, -0.1) is 0 Å². The molecule has 0 spiro atoms. The molecule has 0 aromatic heterocycles. The molecule has 0 aromatic rings. The third kappa shape index (κ3) is 4.46. The number of likely N-dealkylation sites (tertiary alicyclic amines) is 1. The number of nitrogens with zero attached hydrogens (tertiary/aromatic N) is 2. The van der Waals surface area contributed by atoms with Crippen molar-refractivity contribution in [2.75, 3.05) is 39.4 Å². The van der Waals surface area contributed by atoms with E-state index in [2.05, 4.69) is 4.90 Å². The van der Waals surface area contributed by atoms with Gasteiger partial charge in [0.15, 0.2) is 0 Å². The molecule has 4 nitrogen and oxygen atoms in total. The van der Waals surface area contributed by atoms with Crippen LogP contribution in [0.15, 0.2) is 0 Å². The first-order valence-corrected chi connectivity index (χ1v) is 5.50. The van der Waals surface area contributed by atoms with Gasteiger partial charge < -0.3 is 14.9 Å². The van der Waals surface area contributed by atoms with Crippen LogP contribution in [0.4, 0.5) is 9.18 Å². The van der Waals surface area contributed by atoms with Gasteiger partial charge in [-0.25, -0.2) is 9.18 Å². The lowest BCUT2D eigenvalue weighted by Crippen LogP contribution is -2.40. The monoisotopic (exact) mass is 218 g/mol. The fourth-order valence-corrected chi connectivity index (χ4v) is 1.85. The largest absolute Gasteiger partial charge is 0.465 e. The molecule has 1 saturated heterocycles. The Balaban J connectivity index is 2.22. The topological polar surface area (TPSA) is 43.8 Å². The third-order valence-electron chi connectivity index (χ3n) is 2.76. The second-order valence-corrected chi connectivity index (χ2v) is 3.86. The maximum Gasteiger partial charge on any atom is 0.407 e. The Morgan fingerprint density at radius 2 is 1.93 bits per heavy atom. The quantitative estimate of drug-likeness (QED) is 0.759. The van der Waals surface area contributed by atoms with E-state index in [0.717, 1.165) is 24.5 Å². The highest BCUT2D eigenvalue weighted by molar-refractivity contribution is 5.64. The van der Waals surface area contributed by atoms with Crippen molar-refractivity contribution in [3.63, 3.8) is 0 Å². The van der Waals surface area contributed by atoms with Crippen LogP contribution in [0.5, 0.6) is 0 Å². The van der Waals surface area contributed by atoms with Gasteiger partial charge >= 0.3 is 6.09 Å². The maximum atomic E-state index is 12.1. The Morgan fingerprint density at radius 3 is 2.47 bits per heavy atom. The van der Waals surface area contributed by atoms with E-state index < -0.39 is 12.8 Å². The molecule has 0 aliphatic carbocycles. The second kappa shape index (κ2) is 6.61. The normalized spacial score (nSPS) is 17.7. The van der Waals surface area contributed by atoms with Gasteiger partial charge in [-0.05, 0) is 25.9 Å². The number of piperidine rings is 1. The van der Waals surface area contributed by atoms with Gasteiger partial charge in [0, 0.05) is 13.1 Å². The molecular weight excluding hydrogens is 199 g/mol. The van der Waals surface area contributed by atoms with Crippen LogP contribution in [0.1, 0.15) is 19.3 Å². The number of carbonyl (C=O) groups is 1. The Kier molecular flexibility index (Phi) is 5.39. The van der Waals surface area contributed by atoms with E-state index in [1.54, 1.807) is 0 Å². The van der Waals surface area contributed by atoms with Crippen molar-refractivity contribution in [1.82, 2.24) is 9.80 Å². The van der Waals surface area contributed by atoms with E-state index in [1.165, 1.54) is 19.3 Å². The van der Waals surface area contributed by atoms with Crippen molar-refractivity contribution in [3.05, 3.63) is 0 Å². The number of hydrogen-bond acceptors (Lipinski definition) is 2. The molecule has 1 amide bonds. The van der Waals surface area contributed by atoms with Crippen molar-refractivity contribution < 1.29 is 14.3 Å². The zero-order valence-electron chi connectivity index (χ0n) is 8.99. The average Bonchev–Trinajstić information content (AvgIpc) is 2.25. The Morgan fingerprint density at radius 1 is 1.27 bits per heavy atom. The Bertz CT molecular complexity index is 196. The van der Waals surface area contributed by atoms with E-state index in [4.69, 9.17) is 5.11 Å². The first-order valence-electron chi connectivity index (χ1n) is 5.50. The first-order chi connectivity index (χ1) is 7.24. The van der Waals surface area contributed by atoms with E-state index in [1.807, 2.05) is 0 Å². The lowest BCUT2D eigenvalue weighted by molar-refractivity contribution is 0.129. The van der Waals surface area contributed by atoms with Gasteiger partial charge in [0.05, 0.1) is 6.54 Å². The fraction of sp³-hybridized carbons (Fsp3) is 0.900. The number of amides is 1. The highest BCUT2D eigenvalue weighted by atomic mass is 19.1. The standard InChI is InChI=1S/C10H19FN2O2/c11-4-7-13(10(14)15)9-8-12-5-2-1-3-6-12/h1-9H2,(H,14,15). The summed E-state index contributed by atoms with van der Waals surface area (Å²) in [6.45, 7) is 2.62. The van der Waals surface area contributed by atoms with Gasteiger partial charge in [-0.1, -0.05) is 6.42 Å². The minimum atomic E-state index is -1.02. The van der Waals surface area contributed by atoms with Crippen LogP contribution in [0.25, 0.3) is 0 Å². The van der Waals surface area contributed by atoms with Crippen LogP contribution in [-0.4, -0.2) is 60.4 Å². The van der Waals surface area contributed by atoms with Crippen LogP contribution in [-0.2, 0) is 0 Å². The van der Waals surface area contributed by atoms with Crippen molar-refractivity contribution in [3.8, 4) is 0 Å². The van der Waals surface area contributed by atoms with Crippen LogP contribution >= 0.6 is 0 Å². The first kappa shape index (κ1) is 12.2. The molecular formula is C10H19FN2O2. The number of hydrogen-bond donors (Lipinski definition) is 1. The molecule has 1 heterocycles. The third-order valence-corrected chi connectivity index (χ3v) is 2.76. The Labute approximate surface area is 89.7 Å². The number of carboxylic acid groups (broad SMARTS) is 1. The molecule has 0 aromatic carbocycles. The van der Waals surface area contributed by atoms with Gasteiger partial charge in [0.25, 0.3) is 0 Å². The van der Waals surface area contributed by atoms with Gasteiger partial charge in [0.1, 0.15) is 6.67 Å². The van der Waals surface area contributed by atoms with Crippen molar-refractivity contribution in [2.45, 2.75) is 19.3 Å². The lowest BCUT2D eigenvalue weighted by atomic mass is 10.1. The molecule has 0 atom stereocenters. The number of halogens is 1. The highest BCUT2D eigenvalue weighted by Gasteiger charge is 2.14. The second-order valence-electron chi connectivity index (χ2n) is 3.86. The summed E-state index contributed by atoms with van der Waals surface area (Å²) in [5.41, 5.74) is 0. The summed E-state index contributed by atoms with van der Waals surface area (Å²) in [6.07, 6.45) is 2.63. The number of rotatable bonds is 5. The molecule has 0 radical (unpaired) electrons. The van der Waals surface area contributed by atoms with Crippen molar-refractivity contribution in [1.29, 1.82) is 0 Å². The highest BCUT2D eigenvalue weighted by Crippen LogP contribution is 2.08. The summed E-state index contributed by atoms with van der Waals surface area (Å²) in [5.74, 6) is 0. The van der Waals surface area contributed by atoms with E-state index in [0.29, 0.717) is 6.54 Å². The molecule has 0 unspecified atom stereocenters. The van der Waals surface area contributed by atoms with Gasteiger partial charge in [0.2, 0.25) is 0 Å². The molecule has 0 saturated carbocycles. The molecule has 1 N–H and O–H groups in total. The van der Waals surface area contributed by atoms with Crippen LogP contribution in [0, 0.1) is 0 Å². The fourth-order valence-electron chi connectivity index (χ4n) is 1.85. The van der Waals surface area contributed by atoms with Crippen molar-refractivity contribution >= 4 is 6.09 Å². The average molecular weight is 218 g/mol. The molecule has 1 aliphatic heterocycles. The van der Waals surface area contributed by atoms with E-state index in [9.17, 15) is 9.18 Å². The predicted octanol–water partition coefficient (Wildman–Crippen LogP) is 1.42. The molecule has 1 rings (SSSR count). The smallest absolute Gasteiger partial charge is 0.407 e. The Hall–Kier alpha value is -0.840. The molecule has 5 heteroatoms. The van der Waals surface area contributed by atoms with E-state index >= 15 is 0 Å².